The molecule has 6 heteroatoms. The average molecular weight is 289 g/mol. The first-order chi connectivity index (χ1) is 8.58. The summed E-state index contributed by atoms with van der Waals surface area (Å²) in [5, 5.41) is 13.4. The third kappa shape index (κ3) is 3.14. The summed E-state index contributed by atoms with van der Waals surface area (Å²) in [5.74, 6) is -0.813. The quantitative estimate of drug-likeness (QED) is 0.891. The number of piperazine rings is 1. The zero-order valence-corrected chi connectivity index (χ0v) is 11.2. The number of hydrogen-bond acceptors (Lipinski definition) is 3. The number of nitrogens with one attached hydrogen (secondary N) is 1. The molecule has 0 radical (unpaired) electrons. The smallest absolute Gasteiger partial charge is 0.322 e. The topological polar surface area (TPSA) is 52.6 Å². The average Bonchev–Trinajstić information content (AvgIpc) is 2.33. The second kappa shape index (κ2) is 5.89. The van der Waals surface area contributed by atoms with E-state index in [9.17, 15) is 4.79 Å². The third-order valence-corrected chi connectivity index (χ3v) is 3.61. The molecular formula is C12H14Cl2N2O2. The fraction of sp³-hybridized carbons (Fsp3) is 0.417. The van der Waals surface area contributed by atoms with Crippen LogP contribution in [0.5, 0.6) is 0 Å². The molecule has 0 bridgehead atoms. The summed E-state index contributed by atoms with van der Waals surface area (Å²) < 4.78 is 0. The van der Waals surface area contributed by atoms with E-state index < -0.39 is 12.0 Å². The van der Waals surface area contributed by atoms with Crippen LogP contribution >= 0.6 is 23.2 Å². The van der Waals surface area contributed by atoms with E-state index in [0.29, 0.717) is 29.7 Å². The molecule has 1 unspecified atom stereocenters. The molecule has 4 nitrogen and oxygen atoms in total. The lowest BCUT2D eigenvalue weighted by molar-refractivity contribution is -0.144. The Morgan fingerprint density at radius 1 is 1.50 bits per heavy atom. The molecule has 1 atom stereocenters. The highest BCUT2D eigenvalue weighted by Crippen LogP contribution is 2.23. The maximum atomic E-state index is 11.2. The largest absolute Gasteiger partial charge is 0.480 e. The van der Waals surface area contributed by atoms with Gasteiger partial charge in [0.2, 0.25) is 0 Å². The minimum Gasteiger partial charge on any atom is -0.480 e. The van der Waals surface area contributed by atoms with Crippen molar-refractivity contribution in [3.63, 3.8) is 0 Å². The van der Waals surface area contributed by atoms with Gasteiger partial charge < -0.3 is 10.4 Å². The van der Waals surface area contributed by atoms with Crippen LogP contribution in [0.3, 0.4) is 0 Å². The molecule has 98 valence electrons. The van der Waals surface area contributed by atoms with Gasteiger partial charge in [-0.15, -0.1) is 0 Å². The van der Waals surface area contributed by atoms with Crippen LogP contribution in [0.4, 0.5) is 0 Å². The number of halogens is 2. The summed E-state index contributed by atoms with van der Waals surface area (Å²) in [7, 11) is 0. The summed E-state index contributed by atoms with van der Waals surface area (Å²) in [6.45, 7) is 2.46. The summed E-state index contributed by atoms with van der Waals surface area (Å²) in [4.78, 5) is 13.1. The predicted octanol–water partition coefficient (Wildman–Crippen LogP) is 1.85. The molecule has 1 fully saturated rings. The number of hydrogen-bond donors (Lipinski definition) is 2. The highest BCUT2D eigenvalue weighted by molar-refractivity contribution is 6.35. The molecule has 1 aliphatic heterocycles. The number of carbonyl (C=O) groups is 1. The Hall–Kier alpha value is -0.810. The molecule has 0 spiro atoms. The van der Waals surface area contributed by atoms with Gasteiger partial charge in [-0.2, -0.15) is 0 Å². The van der Waals surface area contributed by atoms with Crippen LogP contribution in [0, 0.1) is 0 Å². The normalized spacial score (nSPS) is 20.9. The van der Waals surface area contributed by atoms with Gasteiger partial charge in [-0.05, 0) is 17.7 Å². The summed E-state index contributed by atoms with van der Waals surface area (Å²) in [5.41, 5.74) is 0.897. The lowest BCUT2D eigenvalue weighted by atomic mass is 10.1. The summed E-state index contributed by atoms with van der Waals surface area (Å²) in [6, 6.07) is 4.77. The van der Waals surface area contributed by atoms with Gasteiger partial charge in [0.25, 0.3) is 0 Å². The fourth-order valence-electron chi connectivity index (χ4n) is 2.05. The molecule has 0 saturated carbocycles. The molecule has 1 aliphatic rings. The molecule has 2 rings (SSSR count). The zero-order valence-electron chi connectivity index (χ0n) is 9.70. The first-order valence-corrected chi connectivity index (χ1v) is 6.45. The minimum absolute atomic E-state index is 0.459. The van der Waals surface area contributed by atoms with Gasteiger partial charge in [-0.3, -0.25) is 9.69 Å². The van der Waals surface area contributed by atoms with Crippen molar-refractivity contribution >= 4 is 29.2 Å². The van der Waals surface area contributed by atoms with Crippen molar-refractivity contribution in [3.05, 3.63) is 33.8 Å². The Kier molecular flexibility index (Phi) is 4.45. The Morgan fingerprint density at radius 3 is 2.94 bits per heavy atom. The van der Waals surface area contributed by atoms with Crippen LogP contribution in [0.2, 0.25) is 10.0 Å². The summed E-state index contributed by atoms with van der Waals surface area (Å²) in [6.07, 6.45) is 0. The van der Waals surface area contributed by atoms with Crippen molar-refractivity contribution < 1.29 is 9.90 Å². The van der Waals surface area contributed by atoms with Crippen molar-refractivity contribution in [1.82, 2.24) is 10.2 Å². The van der Waals surface area contributed by atoms with Crippen LogP contribution in [0.25, 0.3) is 0 Å². The Balaban J connectivity index is 2.13. The van der Waals surface area contributed by atoms with Gasteiger partial charge in [0.05, 0.1) is 0 Å². The monoisotopic (exact) mass is 288 g/mol. The van der Waals surface area contributed by atoms with E-state index in [2.05, 4.69) is 5.32 Å². The molecule has 1 aromatic carbocycles. The van der Waals surface area contributed by atoms with Crippen LogP contribution in [0.1, 0.15) is 5.56 Å². The Morgan fingerprint density at radius 2 is 2.28 bits per heavy atom. The van der Waals surface area contributed by atoms with Crippen molar-refractivity contribution in [3.8, 4) is 0 Å². The van der Waals surface area contributed by atoms with E-state index in [1.807, 2.05) is 11.0 Å². The summed E-state index contributed by atoms with van der Waals surface area (Å²) >= 11 is 11.9. The molecule has 1 heterocycles. The Bertz CT molecular complexity index is 454. The maximum absolute atomic E-state index is 11.2. The van der Waals surface area contributed by atoms with Gasteiger partial charge >= 0.3 is 5.97 Å². The van der Waals surface area contributed by atoms with Gasteiger partial charge in [-0.25, -0.2) is 0 Å². The van der Waals surface area contributed by atoms with E-state index in [-0.39, 0.29) is 0 Å². The first-order valence-electron chi connectivity index (χ1n) is 5.69. The third-order valence-electron chi connectivity index (χ3n) is 3.03. The van der Waals surface area contributed by atoms with E-state index in [0.717, 1.165) is 12.1 Å². The maximum Gasteiger partial charge on any atom is 0.322 e. The molecular weight excluding hydrogens is 275 g/mol. The van der Waals surface area contributed by atoms with Crippen LogP contribution < -0.4 is 5.32 Å². The predicted molar refractivity (Wildman–Crippen MR) is 71.2 cm³/mol. The lowest BCUT2D eigenvalue weighted by Crippen LogP contribution is -2.54. The van der Waals surface area contributed by atoms with Gasteiger partial charge in [0, 0.05) is 36.2 Å². The van der Waals surface area contributed by atoms with Crippen molar-refractivity contribution in [2.75, 3.05) is 19.6 Å². The van der Waals surface area contributed by atoms with Crippen molar-refractivity contribution in [1.29, 1.82) is 0 Å². The Labute approximate surface area is 115 Å². The number of nitrogens with zero attached hydrogens (tertiary/aromatic N) is 1. The SMILES string of the molecule is O=C(O)C1CNCCN1Cc1ccc(Cl)cc1Cl. The molecule has 1 aromatic rings. The van der Waals surface area contributed by atoms with E-state index >= 15 is 0 Å². The molecule has 2 N–H and O–H groups in total. The number of carboxylic acid groups (broad SMARTS) is 1. The zero-order chi connectivity index (χ0) is 13.1. The molecule has 1 saturated heterocycles. The lowest BCUT2D eigenvalue weighted by Gasteiger charge is -2.33. The highest BCUT2D eigenvalue weighted by Gasteiger charge is 2.28. The van der Waals surface area contributed by atoms with Gasteiger partial charge in [0.1, 0.15) is 6.04 Å². The van der Waals surface area contributed by atoms with Crippen LogP contribution in [-0.2, 0) is 11.3 Å². The van der Waals surface area contributed by atoms with Crippen molar-refractivity contribution in [2.24, 2.45) is 0 Å². The number of aliphatic carboxylic acids is 1. The van der Waals surface area contributed by atoms with E-state index in [1.165, 1.54) is 0 Å². The van der Waals surface area contributed by atoms with Crippen LogP contribution in [-0.4, -0.2) is 41.7 Å². The number of rotatable bonds is 3. The van der Waals surface area contributed by atoms with Gasteiger partial charge in [0.15, 0.2) is 0 Å². The minimum atomic E-state index is -0.813. The number of benzene rings is 1. The van der Waals surface area contributed by atoms with E-state index in [1.54, 1.807) is 12.1 Å². The van der Waals surface area contributed by atoms with Crippen molar-refractivity contribution in [2.45, 2.75) is 12.6 Å². The van der Waals surface area contributed by atoms with Crippen LogP contribution in [0.15, 0.2) is 18.2 Å². The molecule has 0 aromatic heterocycles. The van der Waals surface area contributed by atoms with E-state index in [4.69, 9.17) is 28.3 Å². The first kappa shape index (κ1) is 13.6. The number of carboxylic acids is 1. The molecule has 0 amide bonds. The second-order valence-electron chi connectivity index (χ2n) is 4.26. The molecule has 0 aliphatic carbocycles. The highest BCUT2D eigenvalue weighted by atomic mass is 35.5. The molecule has 18 heavy (non-hydrogen) atoms. The standard InChI is InChI=1S/C12H14Cl2N2O2/c13-9-2-1-8(10(14)5-9)7-16-4-3-15-6-11(16)12(17)18/h1-2,5,11,15H,3-4,6-7H2,(H,17,18). The van der Waals surface area contributed by atoms with Gasteiger partial charge in [-0.1, -0.05) is 29.3 Å². The second-order valence-corrected chi connectivity index (χ2v) is 5.11. The fourth-order valence-corrected chi connectivity index (χ4v) is 2.52.